The Morgan fingerprint density at radius 3 is 2.62 bits per heavy atom. The number of carbonyl (C=O) groups excluding carboxylic acids is 1. The molecule has 5 heteroatoms. The van der Waals surface area contributed by atoms with Crippen molar-refractivity contribution >= 4 is 5.91 Å². The Labute approximate surface area is 94.4 Å². The van der Waals surface area contributed by atoms with Crippen LogP contribution in [0.2, 0.25) is 0 Å². The van der Waals surface area contributed by atoms with Crippen LogP contribution in [-0.2, 0) is 9.53 Å². The maximum atomic E-state index is 13.8. The van der Waals surface area contributed by atoms with Crippen molar-refractivity contribution < 1.29 is 13.9 Å². The third kappa shape index (κ3) is 2.25. The highest BCUT2D eigenvalue weighted by Crippen LogP contribution is 2.21. The second-order valence-electron chi connectivity index (χ2n) is 4.24. The molecule has 2 aliphatic heterocycles. The minimum absolute atomic E-state index is 0.0785. The molecule has 0 atom stereocenters. The van der Waals surface area contributed by atoms with Gasteiger partial charge in [0.15, 0.2) is 5.83 Å². The number of ether oxygens (including phenoxy) is 1. The van der Waals surface area contributed by atoms with E-state index in [9.17, 15) is 9.18 Å². The lowest BCUT2D eigenvalue weighted by atomic mass is 10.0. The molecule has 2 heterocycles. The van der Waals surface area contributed by atoms with Crippen molar-refractivity contribution in [1.29, 1.82) is 0 Å². The first-order chi connectivity index (χ1) is 7.72. The molecule has 0 aliphatic carbocycles. The van der Waals surface area contributed by atoms with E-state index >= 15 is 0 Å². The van der Waals surface area contributed by atoms with E-state index in [4.69, 9.17) is 4.74 Å². The van der Waals surface area contributed by atoms with Crippen LogP contribution in [0.5, 0.6) is 0 Å². The molecule has 0 aromatic heterocycles. The normalized spacial score (nSPS) is 21.9. The molecule has 2 rings (SSSR count). The summed E-state index contributed by atoms with van der Waals surface area (Å²) in [5.41, 5.74) is 0.657. The Morgan fingerprint density at radius 1 is 1.44 bits per heavy atom. The number of halogens is 1. The van der Waals surface area contributed by atoms with Crippen LogP contribution in [0.3, 0.4) is 0 Å². The van der Waals surface area contributed by atoms with E-state index in [0.29, 0.717) is 31.5 Å². The van der Waals surface area contributed by atoms with Gasteiger partial charge in [-0.3, -0.25) is 4.79 Å². The van der Waals surface area contributed by atoms with Crippen LogP contribution in [0.1, 0.15) is 12.8 Å². The fourth-order valence-electron chi connectivity index (χ4n) is 1.99. The van der Waals surface area contributed by atoms with Crippen molar-refractivity contribution in [2.24, 2.45) is 0 Å². The van der Waals surface area contributed by atoms with E-state index < -0.39 is 11.7 Å². The molecular formula is C11H17FN2O2. The van der Waals surface area contributed by atoms with Gasteiger partial charge in [-0.1, -0.05) is 0 Å². The number of piperidine rings is 1. The van der Waals surface area contributed by atoms with Gasteiger partial charge in [0.1, 0.15) is 0 Å². The van der Waals surface area contributed by atoms with E-state index in [1.807, 2.05) is 0 Å². The lowest BCUT2D eigenvalue weighted by molar-refractivity contribution is -0.140. The molecule has 0 saturated carbocycles. The summed E-state index contributed by atoms with van der Waals surface area (Å²) in [5.74, 6) is -1.01. The van der Waals surface area contributed by atoms with Crippen LogP contribution < -0.4 is 5.32 Å². The van der Waals surface area contributed by atoms with Gasteiger partial charge in [0.05, 0.1) is 6.10 Å². The number of carbonyl (C=O) groups is 1. The standard InChI is InChI=1S/C11H17FN2O2/c1-16-9-6-14(7-9)11(15)10(12)8-2-4-13-5-3-8/h9,13H,2-7H2,1H3. The summed E-state index contributed by atoms with van der Waals surface area (Å²) >= 11 is 0. The quantitative estimate of drug-likeness (QED) is 0.698. The molecule has 0 aromatic carbocycles. The number of nitrogens with zero attached hydrogens (tertiary/aromatic N) is 1. The van der Waals surface area contributed by atoms with Crippen LogP contribution in [0, 0.1) is 0 Å². The molecule has 2 aliphatic rings. The lowest BCUT2D eigenvalue weighted by Gasteiger charge is -2.38. The van der Waals surface area contributed by atoms with Gasteiger partial charge >= 0.3 is 0 Å². The van der Waals surface area contributed by atoms with Crippen molar-refractivity contribution in [3.63, 3.8) is 0 Å². The molecule has 16 heavy (non-hydrogen) atoms. The molecule has 2 fully saturated rings. The van der Waals surface area contributed by atoms with Gasteiger partial charge in [0, 0.05) is 20.2 Å². The summed E-state index contributed by atoms with van der Waals surface area (Å²) in [4.78, 5) is 13.2. The molecule has 0 aromatic rings. The number of hydrogen-bond acceptors (Lipinski definition) is 3. The van der Waals surface area contributed by atoms with Gasteiger partial charge in [0.2, 0.25) is 0 Å². The number of nitrogens with one attached hydrogen (secondary N) is 1. The number of amides is 1. The second kappa shape index (κ2) is 4.93. The van der Waals surface area contributed by atoms with E-state index in [1.54, 1.807) is 7.11 Å². The fraction of sp³-hybridized carbons (Fsp3) is 0.727. The van der Waals surface area contributed by atoms with E-state index in [0.717, 1.165) is 13.1 Å². The van der Waals surface area contributed by atoms with Crippen LogP contribution in [0.15, 0.2) is 11.4 Å². The summed E-state index contributed by atoms with van der Waals surface area (Å²) in [6, 6.07) is 0. The van der Waals surface area contributed by atoms with Crippen molar-refractivity contribution in [2.45, 2.75) is 18.9 Å². The summed E-state index contributed by atoms with van der Waals surface area (Å²) < 4.78 is 18.9. The molecule has 1 N–H and O–H groups in total. The zero-order valence-electron chi connectivity index (χ0n) is 9.46. The summed E-state index contributed by atoms with van der Waals surface area (Å²) in [5, 5.41) is 3.14. The third-order valence-electron chi connectivity index (χ3n) is 3.17. The van der Waals surface area contributed by atoms with Gasteiger partial charge < -0.3 is 15.0 Å². The SMILES string of the molecule is COC1CN(C(=O)C(F)=C2CCNCC2)C1. The molecule has 1 amide bonds. The molecule has 2 saturated heterocycles. The average Bonchev–Trinajstić information content (AvgIpc) is 2.27. The largest absolute Gasteiger partial charge is 0.378 e. The second-order valence-corrected chi connectivity index (χ2v) is 4.24. The monoisotopic (exact) mass is 228 g/mol. The minimum atomic E-state index is -0.545. The molecular weight excluding hydrogens is 211 g/mol. The first kappa shape index (κ1) is 11.5. The molecule has 0 spiro atoms. The molecule has 0 bridgehead atoms. The predicted molar refractivity (Wildman–Crippen MR) is 57.6 cm³/mol. The number of likely N-dealkylation sites (tertiary alicyclic amines) is 1. The first-order valence-corrected chi connectivity index (χ1v) is 5.62. The Morgan fingerprint density at radius 2 is 2.06 bits per heavy atom. The summed E-state index contributed by atoms with van der Waals surface area (Å²) in [6.07, 6.45) is 1.35. The van der Waals surface area contributed by atoms with Crippen LogP contribution in [-0.4, -0.2) is 50.2 Å². The molecule has 0 unspecified atom stereocenters. The Kier molecular flexibility index (Phi) is 3.56. The lowest BCUT2D eigenvalue weighted by Crippen LogP contribution is -2.54. The van der Waals surface area contributed by atoms with Gasteiger partial charge in [-0.15, -0.1) is 0 Å². The highest BCUT2D eigenvalue weighted by atomic mass is 19.1. The van der Waals surface area contributed by atoms with Crippen LogP contribution in [0.4, 0.5) is 4.39 Å². The van der Waals surface area contributed by atoms with E-state index in [1.165, 1.54) is 4.90 Å². The van der Waals surface area contributed by atoms with Crippen LogP contribution in [0.25, 0.3) is 0 Å². The minimum Gasteiger partial charge on any atom is -0.378 e. The first-order valence-electron chi connectivity index (χ1n) is 5.62. The predicted octanol–water partition coefficient (Wildman–Crippen LogP) is 0.451. The highest BCUT2D eigenvalue weighted by Gasteiger charge is 2.33. The molecule has 0 radical (unpaired) electrons. The number of rotatable bonds is 2. The van der Waals surface area contributed by atoms with Crippen molar-refractivity contribution in [2.75, 3.05) is 33.3 Å². The Balaban J connectivity index is 1.94. The molecule has 90 valence electrons. The van der Waals surface area contributed by atoms with E-state index in [2.05, 4.69) is 5.32 Å². The maximum absolute atomic E-state index is 13.8. The third-order valence-corrected chi connectivity index (χ3v) is 3.17. The van der Waals surface area contributed by atoms with Crippen molar-refractivity contribution in [3.05, 3.63) is 11.4 Å². The average molecular weight is 228 g/mol. The zero-order chi connectivity index (χ0) is 11.5. The highest BCUT2D eigenvalue weighted by molar-refractivity contribution is 5.92. The zero-order valence-corrected chi connectivity index (χ0v) is 9.46. The Bertz CT molecular complexity index is 303. The van der Waals surface area contributed by atoms with Crippen LogP contribution >= 0.6 is 0 Å². The number of hydrogen-bond donors (Lipinski definition) is 1. The number of methoxy groups -OCH3 is 1. The maximum Gasteiger partial charge on any atom is 0.282 e. The fourth-order valence-corrected chi connectivity index (χ4v) is 1.99. The van der Waals surface area contributed by atoms with Crippen molar-refractivity contribution in [1.82, 2.24) is 10.2 Å². The summed E-state index contributed by atoms with van der Waals surface area (Å²) in [6.45, 7) is 2.54. The topological polar surface area (TPSA) is 41.6 Å². The Hall–Kier alpha value is -0.940. The van der Waals surface area contributed by atoms with E-state index in [-0.39, 0.29) is 6.10 Å². The van der Waals surface area contributed by atoms with Crippen molar-refractivity contribution in [3.8, 4) is 0 Å². The smallest absolute Gasteiger partial charge is 0.282 e. The van der Waals surface area contributed by atoms with Gasteiger partial charge in [-0.05, 0) is 31.5 Å². The molecule has 4 nitrogen and oxygen atoms in total. The van der Waals surface area contributed by atoms with Gasteiger partial charge in [-0.25, -0.2) is 4.39 Å². The van der Waals surface area contributed by atoms with Gasteiger partial charge in [0.25, 0.3) is 5.91 Å². The van der Waals surface area contributed by atoms with Gasteiger partial charge in [-0.2, -0.15) is 0 Å². The summed E-state index contributed by atoms with van der Waals surface area (Å²) in [7, 11) is 1.61.